The smallest absolute Gasteiger partial charge is 0.350 e. The van der Waals surface area contributed by atoms with Gasteiger partial charge >= 0.3 is 5.69 Å². The second-order valence-corrected chi connectivity index (χ2v) is 5.05. The molecule has 102 valence electrons. The Kier molecular flexibility index (Phi) is 5.57. The van der Waals surface area contributed by atoms with E-state index in [1.807, 2.05) is 0 Å². The van der Waals surface area contributed by atoms with Crippen molar-refractivity contribution in [3.8, 4) is 0 Å². The molecule has 2 rings (SSSR count). The fourth-order valence-corrected chi connectivity index (χ4v) is 3.03. The lowest BCUT2D eigenvalue weighted by atomic mass is 10.2. The van der Waals surface area contributed by atoms with E-state index in [4.69, 9.17) is 15.9 Å². The monoisotopic (exact) mass is 277 g/mol. The number of aliphatic hydroxyl groups excluding tert-OH is 2. The van der Waals surface area contributed by atoms with E-state index in [9.17, 15) is 9.18 Å². The number of halogens is 1. The molecule has 0 spiro atoms. The van der Waals surface area contributed by atoms with E-state index < -0.39 is 17.2 Å². The number of alkyl halides is 1. The molecular formula is C10H16FN3O3S. The first kappa shape index (κ1) is 14.9. The largest absolute Gasteiger partial charge is 0.400 e. The van der Waals surface area contributed by atoms with Gasteiger partial charge in [-0.2, -0.15) is 4.98 Å². The van der Waals surface area contributed by atoms with Crippen LogP contribution in [0, 0.1) is 0 Å². The summed E-state index contributed by atoms with van der Waals surface area (Å²) in [6.07, 6.45) is 0.544. The number of nitrogen functional groups attached to an aromatic ring is 1. The van der Waals surface area contributed by atoms with Gasteiger partial charge in [0.15, 0.2) is 0 Å². The summed E-state index contributed by atoms with van der Waals surface area (Å²) < 4.78 is 14.9. The maximum Gasteiger partial charge on any atom is 0.350 e. The molecule has 1 fully saturated rings. The third kappa shape index (κ3) is 3.21. The summed E-state index contributed by atoms with van der Waals surface area (Å²) in [5.74, 6) is 0.123. The summed E-state index contributed by atoms with van der Waals surface area (Å²) >= 11 is 1.25. The maximum absolute atomic E-state index is 13.6. The van der Waals surface area contributed by atoms with Crippen molar-refractivity contribution >= 4 is 17.6 Å². The molecule has 4 N–H and O–H groups in total. The van der Waals surface area contributed by atoms with Crippen LogP contribution in [0.2, 0.25) is 0 Å². The van der Waals surface area contributed by atoms with Crippen LogP contribution in [0.4, 0.5) is 10.2 Å². The zero-order chi connectivity index (χ0) is 13.7. The van der Waals surface area contributed by atoms with Crippen LogP contribution in [-0.4, -0.2) is 44.9 Å². The van der Waals surface area contributed by atoms with Crippen molar-refractivity contribution in [2.24, 2.45) is 0 Å². The van der Waals surface area contributed by atoms with Gasteiger partial charge in [-0.3, -0.25) is 4.57 Å². The van der Waals surface area contributed by atoms with E-state index in [-0.39, 0.29) is 24.1 Å². The number of thioether (sulfide) groups is 1. The number of anilines is 1. The van der Waals surface area contributed by atoms with Crippen LogP contribution in [0.5, 0.6) is 0 Å². The fourth-order valence-electron chi connectivity index (χ4n) is 1.68. The number of hydrogen-bond acceptors (Lipinski definition) is 6. The molecule has 1 aromatic heterocycles. The highest BCUT2D eigenvalue weighted by atomic mass is 32.2. The number of nitrogens with two attached hydrogens (primary N) is 1. The van der Waals surface area contributed by atoms with Gasteiger partial charge in [-0.15, -0.1) is 11.8 Å². The van der Waals surface area contributed by atoms with Crippen LogP contribution in [0.1, 0.15) is 11.8 Å². The van der Waals surface area contributed by atoms with Gasteiger partial charge in [0.1, 0.15) is 17.4 Å². The predicted octanol–water partition coefficient (Wildman–Crippen LogP) is -0.232. The third-order valence-electron chi connectivity index (χ3n) is 2.46. The molecule has 0 aromatic carbocycles. The van der Waals surface area contributed by atoms with Crippen LogP contribution >= 0.6 is 11.8 Å². The number of aromatic nitrogens is 2. The first-order chi connectivity index (χ1) is 8.61. The van der Waals surface area contributed by atoms with Gasteiger partial charge in [-0.05, 0) is 12.5 Å². The van der Waals surface area contributed by atoms with Crippen molar-refractivity contribution in [2.45, 2.75) is 23.2 Å². The van der Waals surface area contributed by atoms with Crippen molar-refractivity contribution in [3.05, 3.63) is 22.7 Å². The summed E-state index contributed by atoms with van der Waals surface area (Å²) in [5, 5.41) is 15.2. The number of rotatable bonds is 2. The lowest BCUT2D eigenvalue weighted by molar-refractivity contribution is 0.248. The average molecular weight is 277 g/mol. The molecule has 1 aromatic rings. The Morgan fingerprint density at radius 1 is 1.67 bits per heavy atom. The lowest BCUT2D eigenvalue weighted by Gasteiger charge is -2.14. The fraction of sp³-hybridized carbons (Fsp3) is 0.600. The molecule has 6 nitrogen and oxygen atoms in total. The predicted molar refractivity (Wildman–Crippen MR) is 68.1 cm³/mol. The highest BCUT2D eigenvalue weighted by Gasteiger charge is 2.36. The first-order valence-electron chi connectivity index (χ1n) is 5.31. The minimum atomic E-state index is -1.15. The second-order valence-electron chi connectivity index (χ2n) is 3.63. The lowest BCUT2D eigenvalue weighted by Crippen LogP contribution is -2.28. The molecular weight excluding hydrogens is 261 g/mol. The molecule has 2 heterocycles. The van der Waals surface area contributed by atoms with Gasteiger partial charge in [0.2, 0.25) is 0 Å². The van der Waals surface area contributed by atoms with Gasteiger partial charge in [-0.25, -0.2) is 9.18 Å². The van der Waals surface area contributed by atoms with Crippen molar-refractivity contribution in [1.29, 1.82) is 0 Å². The maximum atomic E-state index is 13.6. The summed E-state index contributed by atoms with van der Waals surface area (Å²) in [4.78, 5) is 15.0. The topological polar surface area (TPSA) is 101 Å². The molecule has 1 aliphatic heterocycles. The van der Waals surface area contributed by atoms with Gasteiger partial charge in [0.25, 0.3) is 0 Å². The van der Waals surface area contributed by atoms with Crippen LogP contribution in [0.3, 0.4) is 0 Å². The van der Waals surface area contributed by atoms with Crippen LogP contribution in [0.15, 0.2) is 17.1 Å². The summed E-state index contributed by atoms with van der Waals surface area (Å²) in [6.45, 7) is -0.0846. The zero-order valence-electron chi connectivity index (χ0n) is 9.86. The number of hydrogen-bond donors (Lipinski definition) is 3. The Hall–Kier alpha value is -1.12. The van der Waals surface area contributed by atoms with E-state index in [2.05, 4.69) is 4.98 Å². The molecule has 3 atom stereocenters. The Balaban J connectivity index is 0.000000771. The summed E-state index contributed by atoms with van der Waals surface area (Å²) in [7, 11) is 1.00. The molecule has 1 aliphatic rings. The Morgan fingerprint density at radius 3 is 2.83 bits per heavy atom. The standard InChI is InChI=1S/C9H12FN3O2S.CH4O/c10-6-3-5(4-14)16-8(6)13-2-1-7(11)12-9(13)15;1-2/h1-2,5-6,8,14H,3-4H2,(H2,11,12,15);2H,1H3. The molecule has 8 heteroatoms. The van der Waals surface area contributed by atoms with Crippen molar-refractivity contribution in [2.75, 3.05) is 19.5 Å². The number of aliphatic hydroxyl groups is 2. The van der Waals surface area contributed by atoms with Crippen molar-refractivity contribution < 1.29 is 14.6 Å². The van der Waals surface area contributed by atoms with E-state index >= 15 is 0 Å². The zero-order valence-corrected chi connectivity index (χ0v) is 10.7. The van der Waals surface area contributed by atoms with Crippen LogP contribution in [-0.2, 0) is 0 Å². The highest BCUT2D eigenvalue weighted by Crippen LogP contribution is 2.42. The van der Waals surface area contributed by atoms with Gasteiger partial charge in [-0.1, -0.05) is 0 Å². The minimum absolute atomic E-state index is 0.0846. The normalized spacial score (nSPS) is 26.6. The molecule has 0 amide bonds. The quantitative estimate of drug-likeness (QED) is 0.690. The molecule has 3 unspecified atom stereocenters. The first-order valence-corrected chi connectivity index (χ1v) is 6.26. The highest BCUT2D eigenvalue weighted by molar-refractivity contribution is 8.00. The summed E-state index contributed by atoms with van der Waals surface area (Å²) in [6, 6.07) is 1.46. The van der Waals surface area contributed by atoms with E-state index in [1.54, 1.807) is 0 Å². The number of nitrogens with zero attached hydrogens (tertiary/aromatic N) is 2. The Morgan fingerprint density at radius 2 is 2.33 bits per heavy atom. The minimum Gasteiger partial charge on any atom is -0.400 e. The van der Waals surface area contributed by atoms with Crippen molar-refractivity contribution in [1.82, 2.24) is 9.55 Å². The second kappa shape index (κ2) is 6.72. The molecule has 0 radical (unpaired) electrons. The van der Waals surface area contributed by atoms with Crippen molar-refractivity contribution in [3.63, 3.8) is 0 Å². The van der Waals surface area contributed by atoms with Gasteiger partial charge in [0.05, 0.1) is 6.61 Å². The third-order valence-corrected chi connectivity index (χ3v) is 3.99. The van der Waals surface area contributed by atoms with Gasteiger partial charge in [0, 0.05) is 18.6 Å². The van der Waals surface area contributed by atoms with Crippen LogP contribution < -0.4 is 11.4 Å². The summed E-state index contributed by atoms with van der Waals surface area (Å²) in [5.41, 5.74) is 4.79. The molecule has 1 saturated heterocycles. The Bertz CT molecular complexity index is 443. The van der Waals surface area contributed by atoms with E-state index in [0.717, 1.165) is 7.11 Å². The van der Waals surface area contributed by atoms with Crippen LogP contribution in [0.25, 0.3) is 0 Å². The molecule has 0 aliphatic carbocycles. The average Bonchev–Trinajstić information content (AvgIpc) is 2.73. The molecule has 0 bridgehead atoms. The van der Waals surface area contributed by atoms with Gasteiger partial charge < -0.3 is 15.9 Å². The van der Waals surface area contributed by atoms with E-state index in [1.165, 1.54) is 28.6 Å². The Labute approximate surface area is 108 Å². The SMILES string of the molecule is CO.Nc1ccn(C2SC(CO)CC2F)c(=O)n1. The van der Waals surface area contributed by atoms with E-state index in [0.29, 0.717) is 0 Å². The molecule has 0 saturated carbocycles. The molecule has 18 heavy (non-hydrogen) atoms.